The monoisotopic (exact) mass is 244 g/mol. The Hall–Kier alpha value is -0.0500. The van der Waals surface area contributed by atoms with Crippen molar-refractivity contribution in [2.75, 3.05) is 0 Å². The maximum absolute atomic E-state index is 10.5. The van der Waals surface area contributed by atoms with Gasteiger partial charge in [0.2, 0.25) is 0 Å². The Morgan fingerprint density at radius 1 is 1.33 bits per heavy atom. The molecule has 8 nitrogen and oxygen atoms in total. The lowest BCUT2D eigenvalue weighted by atomic mass is 10.1. The maximum atomic E-state index is 10.5. The molecule has 0 radical (unpaired) electrons. The molecule has 1 heterocycles. The van der Waals surface area contributed by atoms with E-state index in [9.17, 15) is 14.8 Å². The van der Waals surface area contributed by atoms with Crippen molar-refractivity contribution in [1.82, 2.24) is 0 Å². The van der Waals surface area contributed by atoms with E-state index >= 15 is 0 Å². The molecular weight excluding hydrogens is 231 g/mol. The number of hydrogen-bond acceptors (Lipinski definition) is 6. The summed E-state index contributed by atoms with van der Waals surface area (Å²) >= 11 is 0. The predicted octanol–water partition coefficient (Wildman–Crippen LogP) is -2.08. The largest absolute Gasteiger partial charge is 0.472 e. The fourth-order valence-electron chi connectivity index (χ4n) is 1.29. The van der Waals surface area contributed by atoms with Gasteiger partial charge >= 0.3 is 7.82 Å². The fraction of sp³-hybridized carbons (Fsp3) is 1.00. The third-order valence-electron chi connectivity index (χ3n) is 1.97. The topological polar surface area (TPSA) is 137 Å². The van der Waals surface area contributed by atoms with Crippen molar-refractivity contribution in [2.24, 2.45) is 0 Å². The highest BCUT2D eigenvalue weighted by molar-refractivity contribution is 7.46. The summed E-state index contributed by atoms with van der Waals surface area (Å²) in [4.78, 5) is 16.9. The first-order valence-electron chi connectivity index (χ1n) is 4.16. The summed E-state index contributed by atoms with van der Waals surface area (Å²) in [5, 5.41) is 27.7. The molecule has 1 aliphatic rings. The van der Waals surface area contributed by atoms with E-state index in [-0.39, 0.29) is 0 Å². The van der Waals surface area contributed by atoms with Crippen molar-refractivity contribution >= 4 is 7.82 Å². The number of phosphoric acid groups is 1. The molecule has 0 aromatic heterocycles. The van der Waals surface area contributed by atoms with Gasteiger partial charge < -0.3 is 29.8 Å². The average Bonchev–Trinajstić information content (AvgIpc) is 2.30. The van der Waals surface area contributed by atoms with Gasteiger partial charge in [-0.2, -0.15) is 0 Å². The Kier molecular flexibility index (Phi) is 3.85. The molecule has 90 valence electrons. The van der Waals surface area contributed by atoms with Crippen LogP contribution in [0.2, 0.25) is 0 Å². The van der Waals surface area contributed by atoms with Gasteiger partial charge in [0, 0.05) is 0 Å². The van der Waals surface area contributed by atoms with Crippen molar-refractivity contribution < 1.29 is 38.9 Å². The van der Waals surface area contributed by atoms with E-state index in [2.05, 4.69) is 4.52 Å². The minimum atomic E-state index is -4.81. The van der Waals surface area contributed by atoms with Gasteiger partial charge in [0.25, 0.3) is 0 Å². The van der Waals surface area contributed by atoms with Gasteiger partial charge in [-0.3, -0.25) is 4.52 Å². The molecule has 1 saturated heterocycles. The summed E-state index contributed by atoms with van der Waals surface area (Å²) in [7, 11) is -4.81. The average molecular weight is 244 g/mol. The van der Waals surface area contributed by atoms with Crippen molar-refractivity contribution in [3.05, 3.63) is 0 Å². The predicted molar refractivity (Wildman–Crippen MR) is 45.5 cm³/mol. The summed E-state index contributed by atoms with van der Waals surface area (Å²) < 4.78 is 19.3. The van der Waals surface area contributed by atoms with E-state index in [0.717, 1.165) is 0 Å². The van der Waals surface area contributed by atoms with E-state index in [1.54, 1.807) is 0 Å². The Morgan fingerprint density at radius 3 is 2.20 bits per heavy atom. The molecule has 0 aromatic carbocycles. The number of aliphatic hydroxyl groups is 3. The first-order chi connectivity index (χ1) is 6.72. The van der Waals surface area contributed by atoms with Crippen LogP contribution in [0.25, 0.3) is 0 Å². The van der Waals surface area contributed by atoms with Gasteiger partial charge in [0.15, 0.2) is 6.29 Å². The number of aliphatic hydroxyl groups excluding tert-OH is 3. The summed E-state index contributed by atoms with van der Waals surface area (Å²) in [5.41, 5.74) is 0. The molecule has 0 spiro atoms. The lowest BCUT2D eigenvalue weighted by molar-refractivity contribution is -0.137. The molecule has 0 saturated carbocycles. The second kappa shape index (κ2) is 4.44. The van der Waals surface area contributed by atoms with Crippen LogP contribution in [0.5, 0.6) is 0 Å². The third-order valence-corrected chi connectivity index (χ3v) is 2.46. The van der Waals surface area contributed by atoms with Crippen LogP contribution in [0.1, 0.15) is 6.92 Å². The van der Waals surface area contributed by atoms with E-state index < -0.39 is 38.5 Å². The number of rotatable bonds is 3. The Balaban J connectivity index is 2.67. The molecule has 1 fully saturated rings. The zero-order chi connectivity index (χ0) is 11.8. The molecular formula is C6H13O8P. The van der Waals surface area contributed by atoms with Crippen molar-refractivity contribution in [3.8, 4) is 0 Å². The van der Waals surface area contributed by atoms with Crippen LogP contribution < -0.4 is 0 Å². The third kappa shape index (κ3) is 3.20. The molecule has 0 bridgehead atoms. The number of ether oxygens (including phenoxy) is 1. The van der Waals surface area contributed by atoms with Crippen LogP contribution >= 0.6 is 7.82 Å². The van der Waals surface area contributed by atoms with Gasteiger partial charge in [0.1, 0.15) is 18.3 Å². The molecule has 0 amide bonds. The normalized spacial score (nSPS) is 39.3. The summed E-state index contributed by atoms with van der Waals surface area (Å²) in [5.74, 6) is 0. The SMILES string of the molecule is C[C@@H](O)[C@@H]1O[C@@H](OP(=O)(O)O)[C@H](O)[C@H]1O. The van der Waals surface area contributed by atoms with Crippen LogP contribution in [0.3, 0.4) is 0 Å². The van der Waals surface area contributed by atoms with E-state index in [1.165, 1.54) is 6.92 Å². The van der Waals surface area contributed by atoms with Gasteiger partial charge in [-0.1, -0.05) is 0 Å². The molecule has 5 N–H and O–H groups in total. The number of phosphoric ester groups is 1. The van der Waals surface area contributed by atoms with Crippen LogP contribution in [-0.2, 0) is 13.8 Å². The molecule has 0 unspecified atom stereocenters. The minimum absolute atomic E-state index is 1.10. The molecule has 0 aromatic rings. The standard InChI is InChI=1S/C6H13O8P/c1-2(7)5-3(8)4(9)6(13-5)14-15(10,11)12/h2-9H,1H3,(H2,10,11,12)/t2-,3-,4-,5+,6+/m1/s1. The lowest BCUT2D eigenvalue weighted by Gasteiger charge is -2.16. The summed E-state index contributed by atoms with van der Waals surface area (Å²) in [6, 6.07) is 0. The highest BCUT2D eigenvalue weighted by atomic mass is 31.2. The highest BCUT2D eigenvalue weighted by Gasteiger charge is 2.47. The lowest BCUT2D eigenvalue weighted by Crippen LogP contribution is -2.37. The van der Waals surface area contributed by atoms with E-state index in [0.29, 0.717) is 0 Å². The molecule has 15 heavy (non-hydrogen) atoms. The zero-order valence-electron chi connectivity index (χ0n) is 7.79. The number of hydrogen-bond donors (Lipinski definition) is 5. The summed E-state index contributed by atoms with van der Waals surface area (Å²) in [6.45, 7) is 1.31. The first kappa shape index (κ1) is 13.0. The van der Waals surface area contributed by atoms with Crippen LogP contribution in [0, 0.1) is 0 Å². The van der Waals surface area contributed by atoms with E-state index in [4.69, 9.17) is 19.6 Å². The molecule has 0 aliphatic carbocycles. The minimum Gasteiger partial charge on any atom is -0.391 e. The molecule has 1 aliphatic heterocycles. The Morgan fingerprint density at radius 2 is 1.87 bits per heavy atom. The molecule has 5 atom stereocenters. The van der Waals surface area contributed by atoms with Gasteiger partial charge in [-0.05, 0) is 6.92 Å². The summed E-state index contributed by atoms with van der Waals surface area (Å²) in [6.07, 6.45) is -6.96. The van der Waals surface area contributed by atoms with Gasteiger partial charge in [0.05, 0.1) is 6.10 Å². The highest BCUT2D eigenvalue weighted by Crippen LogP contribution is 2.41. The molecule has 9 heteroatoms. The fourth-order valence-corrected chi connectivity index (χ4v) is 1.74. The maximum Gasteiger partial charge on any atom is 0.472 e. The van der Waals surface area contributed by atoms with Crippen LogP contribution in [-0.4, -0.2) is 55.8 Å². The van der Waals surface area contributed by atoms with Crippen LogP contribution in [0.15, 0.2) is 0 Å². The first-order valence-corrected chi connectivity index (χ1v) is 5.69. The second-order valence-electron chi connectivity index (χ2n) is 3.29. The van der Waals surface area contributed by atoms with Crippen molar-refractivity contribution in [2.45, 2.75) is 37.6 Å². The van der Waals surface area contributed by atoms with Crippen molar-refractivity contribution in [3.63, 3.8) is 0 Å². The van der Waals surface area contributed by atoms with Crippen LogP contribution in [0.4, 0.5) is 0 Å². The van der Waals surface area contributed by atoms with Gasteiger partial charge in [-0.25, -0.2) is 4.57 Å². The van der Waals surface area contributed by atoms with E-state index in [1.807, 2.05) is 0 Å². The zero-order valence-corrected chi connectivity index (χ0v) is 8.69. The Labute approximate surface area is 85.3 Å². The quantitative estimate of drug-likeness (QED) is 0.357. The van der Waals surface area contributed by atoms with Crippen molar-refractivity contribution in [1.29, 1.82) is 0 Å². The Bertz CT molecular complexity index is 262. The molecule has 1 rings (SSSR count). The van der Waals surface area contributed by atoms with Gasteiger partial charge in [-0.15, -0.1) is 0 Å². The second-order valence-corrected chi connectivity index (χ2v) is 4.48. The smallest absolute Gasteiger partial charge is 0.391 e.